The Hall–Kier alpha value is -0.650. The van der Waals surface area contributed by atoms with Crippen LogP contribution in [0.2, 0.25) is 0 Å². The molecule has 1 heterocycles. The van der Waals surface area contributed by atoms with Gasteiger partial charge in [0.05, 0.1) is 25.7 Å². The lowest BCUT2D eigenvalue weighted by molar-refractivity contribution is -0.134. The molecule has 1 aliphatic heterocycles. The summed E-state index contributed by atoms with van der Waals surface area (Å²) in [6, 6.07) is 0.238. The highest BCUT2D eigenvalue weighted by molar-refractivity contribution is 5.76. The van der Waals surface area contributed by atoms with E-state index in [1.54, 1.807) is 0 Å². The number of amides is 1. The molecule has 0 aromatic rings. The van der Waals surface area contributed by atoms with Crippen molar-refractivity contribution < 1.29 is 14.6 Å². The van der Waals surface area contributed by atoms with Crippen molar-refractivity contribution in [2.75, 3.05) is 39.4 Å². The van der Waals surface area contributed by atoms with Gasteiger partial charge in [-0.2, -0.15) is 0 Å². The van der Waals surface area contributed by atoms with Gasteiger partial charge in [0.25, 0.3) is 0 Å². The van der Waals surface area contributed by atoms with Crippen molar-refractivity contribution in [3.8, 4) is 0 Å². The molecular weight excluding hydrogens is 244 g/mol. The topological polar surface area (TPSA) is 53.0 Å². The lowest BCUT2D eigenvalue weighted by Crippen LogP contribution is -2.52. The fourth-order valence-corrected chi connectivity index (χ4v) is 2.38. The average Bonchev–Trinajstić information content (AvgIpc) is 2.40. The molecule has 1 aliphatic rings. The van der Waals surface area contributed by atoms with Gasteiger partial charge >= 0.3 is 0 Å². The number of hydrogen-bond acceptors (Lipinski definition) is 4. The van der Waals surface area contributed by atoms with E-state index < -0.39 is 0 Å². The summed E-state index contributed by atoms with van der Waals surface area (Å²) in [4.78, 5) is 16.2. The van der Waals surface area contributed by atoms with E-state index in [-0.39, 0.29) is 24.7 Å². The third kappa shape index (κ3) is 5.47. The zero-order chi connectivity index (χ0) is 14.3. The molecular formula is C14H28N2O3. The molecule has 0 aliphatic carbocycles. The molecule has 1 unspecified atom stereocenters. The van der Waals surface area contributed by atoms with E-state index in [0.29, 0.717) is 13.0 Å². The third-order valence-corrected chi connectivity index (χ3v) is 3.63. The van der Waals surface area contributed by atoms with Crippen molar-refractivity contribution in [2.45, 2.75) is 45.8 Å². The van der Waals surface area contributed by atoms with Gasteiger partial charge in [0.15, 0.2) is 0 Å². The summed E-state index contributed by atoms with van der Waals surface area (Å²) in [5, 5.41) is 9.28. The summed E-state index contributed by atoms with van der Waals surface area (Å²) in [5.41, 5.74) is 0. The summed E-state index contributed by atoms with van der Waals surface area (Å²) in [6.45, 7) is 9.98. The van der Waals surface area contributed by atoms with E-state index in [2.05, 4.69) is 11.8 Å². The maximum Gasteiger partial charge on any atom is 0.224 e. The Labute approximate surface area is 116 Å². The van der Waals surface area contributed by atoms with E-state index in [4.69, 9.17) is 4.74 Å². The Kier molecular flexibility index (Phi) is 7.34. The second-order valence-corrected chi connectivity index (χ2v) is 5.33. The number of ether oxygens (including phenoxy) is 1. The van der Waals surface area contributed by atoms with Crippen LogP contribution in [-0.2, 0) is 9.53 Å². The SMILES string of the molecule is CCC(CO)N1CCN(C(=O)CCOC(C)C)CC1. The summed E-state index contributed by atoms with van der Waals surface area (Å²) >= 11 is 0. The Morgan fingerprint density at radius 3 is 2.37 bits per heavy atom. The van der Waals surface area contributed by atoms with Crippen LogP contribution in [0.5, 0.6) is 0 Å². The minimum absolute atomic E-state index is 0.178. The number of carbonyl (C=O) groups excluding carboxylic acids is 1. The van der Waals surface area contributed by atoms with Crippen molar-refractivity contribution in [1.29, 1.82) is 0 Å². The van der Waals surface area contributed by atoms with Crippen LogP contribution in [0.25, 0.3) is 0 Å². The molecule has 0 bridgehead atoms. The van der Waals surface area contributed by atoms with E-state index >= 15 is 0 Å². The fraction of sp³-hybridized carbons (Fsp3) is 0.929. The fourth-order valence-electron chi connectivity index (χ4n) is 2.38. The summed E-state index contributed by atoms with van der Waals surface area (Å²) < 4.78 is 5.41. The molecule has 0 spiro atoms. The molecule has 0 aromatic carbocycles. The first-order chi connectivity index (χ1) is 9.08. The van der Waals surface area contributed by atoms with Crippen LogP contribution in [-0.4, -0.2) is 72.4 Å². The molecule has 0 saturated carbocycles. The van der Waals surface area contributed by atoms with Crippen LogP contribution >= 0.6 is 0 Å². The smallest absolute Gasteiger partial charge is 0.224 e. The maximum absolute atomic E-state index is 12.0. The summed E-state index contributed by atoms with van der Waals surface area (Å²) in [5.74, 6) is 0.178. The Morgan fingerprint density at radius 2 is 1.89 bits per heavy atom. The minimum atomic E-state index is 0.178. The monoisotopic (exact) mass is 272 g/mol. The Bertz CT molecular complexity index is 259. The summed E-state index contributed by atoms with van der Waals surface area (Å²) in [6.07, 6.45) is 1.60. The number of piperazine rings is 1. The predicted octanol–water partition coefficient (Wildman–Crippen LogP) is 0.717. The van der Waals surface area contributed by atoms with Gasteiger partial charge in [-0.05, 0) is 20.3 Å². The highest BCUT2D eigenvalue weighted by atomic mass is 16.5. The first-order valence-corrected chi connectivity index (χ1v) is 7.32. The van der Waals surface area contributed by atoms with Gasteiger partial charge in [-0.1, -0.05) is 6.92 Å². The molecule has 1 saturated heterocycles. The number of hydrogen-bond donors (Lipinski definition) is 1. The maximum atomic E-state index is 12.0. The van der Waals surface area contributed by atoms with Crippen LogP contribution in [0, 0.1) is 0 Å². The lowest BCUT2D eigenvalue weighted by atomic mass is 10.1. The van der Waals surface area contributed by atoms with Gasteiger partial charge in [-0.3, -0.25) is 9.69 Å². The number of aliphatic hydroxyl groups is 1. The number of carbonyl (C=O) groups is 1. The van der Waals surface area contributed by atoms with Gasteiger partial charge in [-0.25, -0.2) is 0 Å². The van der Waals surface area contributed by atoms with Crippen molar-refractivity contribution in [2.24, 2.45) is 0 Å². The predicted molar refractivity (Wildman–Crippen MR) is 75.0 cm³/mol. The molecule has 0 aromatic heterocycles. The van der Waals surface area contributed by atoms with Crippen LogP contribution in [0.15, 0.2) is 0 Å². The molecule has 5 nitrogen and oxygen atoms in total. The van der Waals surface area contributed by atoms with Crippen molar-refractivity contribution >= 4 is 5.91 Å². The van der Waals surface area contributed by atoms with Gasteiger partial charge in [-0.15, -0.1) is 0 Å². The van der Waals surface area contributed by atoms with E-state index in [9.17, 15) is 9.90 Å². The number of nitrogens with zero attached hydrogens (tertiary/aromatic N) is 2. The van der Waals surface area contributed by atoms with E-state index in [1.165, 1.54) is 0 Å². The van der Waals surface area contributed by atoms with Crippen molar-refractivity contribution in [3.05, 3.63) is 0 Å². The highest BCUT2D eigenvalue weighted by Gasteiger charge is 2.24. The zero-order valence-electron chi connectivity index (χ0n) is 12.5. The van der Waals surface area contributed by atoms with Gasteiger partial charge in [0, 0.05) is 32.2 Å². The Balaban J connectivity index is 2.27. The largest absolute Gasteiger partial charge is 0.395 e. The van der Waals surface area contributed by atoms with E-state index in [0.717, 1.165) is 32.6 Å². The second kappa shape index (κ2) is 8.51. The minimum Gasteiger partial charge on any atom is -0.395 e. The lowest BCUT2D eigenvalue weighted by Gasteiger charge is -2.38. The number of aliphatic hydroxyl groups excluding tert-OH is 1. The Morgan fingerprint density at radius 1 is 1.26 bits per heavy atom. The normalized spacial score (nSPS) is 18.9. The van der Waals surface area contributed by atoms with Gasteiger partial charge < -0.3 is 14.7 Å². The summed E-state index contributed by atoms with van der Waals surface area (Å²) in [7, 11) is 0. The first-order valence-electron chi connectivity index (χ1n) is 7.32. The quantitative estimate of drug-likeness (QED) is 0.742. The van der Waals surface area contributed by atoms with Gasteiger partial charge in [0.1, 0.15) is 0 Å². The molecule has 1 amide bonds. The average molecular weight is 272 g/mol. The highest BCUT2D eigenvalue weighted by Crippen LogP contribution is 2.10. The first kappa shape index (κ1) is 16.4. The third-order valence-electron chi connectivity index (χ3n) is 3.63. The van der Waals surface area contributed by atoms with Crippen molar-refractivity contribution in [3.63, 3.8) is 0 Å². The molecule has 1 fully saturated rings. The van der Waals surface area contributed by atoms with Crippen molar-refractivity contribution in [1.82, 2.24) is 9.80 Å². The van der Waals surface area contributed by atoms with Crippen LogP contribution in [0.4, 0.5) is 0 Å². The van der Waals surface area contributed by atoms with Crippen LogP contribution < -0.4 is 0 Å². The molecule has 19 heavy (non-hydrogen) atoms. The number of rotatable bonds is 7. The standard InChI is InChI=1S/C14H28N2O3/c1-4-13(11-17)15-6-8-16(9-7-15)14(18)5-10-19-12(2)3/h12-13,17H,4-11H2,1-3H3. The van der Waals surface area contributed by atoms with Crippen LogP contribution in [0.1, 0.15) is 33.6 Å². The molecule has 1 atom stereocenters. The zero-order valence-corrected chi connectivity index (χ0v) is 12.5. The van der Waals surface area contributed by atoms with Gasteiger partial charge in [0.2, 0.25) is 5.91 Å². The second-order valence-electron chi connectivity index (χ2n) is 5.33. The van der Waals surface area contributed by atoms with E-state index in [1.807, 2.05) is 18.7 Å². The van der Waals surface area contributed by atoms with Crippen LogP contribution in [0.3, 0.4) is 0 Å². The molecule has 1 N–H and O–H groups in total. The molecule has 112 valence electrons. The molecule has 5 heteroatoms. The molecule has 1 rings (SSSR count). The molecule has 0 radical (unpaired) electrons.